The summed E-state index contributed by atoms with van der Waals surface area (Å²) < 4.78 is 18.1. The molecule has 1 atom stereocenters. The summed E-state index contributed by atoms with van der Waals surface area (Å²) in [7, 11) is 0. The van der Waals surface area contributed by atoms with Crippen LogP contribution in [0, 0.1) is 5.82 Å². The van der Waals surface area contributed by atoms with Gasteiger partial charge in [-0.25, -0.2) is 4.39 Å². The van der Waals surface area contributed by atoms with Gasteiger partial charge in [0.1, 0.15) is 5.82 Å². The maximum absolute atomic E-state index is 12.8. The largest absolute Gasteiger partial charge is 0.379 e. The lowest BCUT2D eigenvalue weighted by Gasteiger charge is -2.29. The maximum atomic E-state index is 12.8. The van der Waals surface area contributed by atoms with Gasteiger partial charge in [0.2, 0.25) is 0 Å². The third-order valence-electron chi connectivity index (χ3n) is 3.46. The van der Waals surface area contributed by atoms with Crippen LogP contribution in [0.25, 0.3) is 0 Å². The van der Waals surface area contributed by atoms with E-state index in [2.05, 4.69) is 17.1 Å². The van der Waals surface area contributed by atoms with E-state index in [4.69, 9.17) is 4.74 Å². The lowest BCUT2D eigenvalue weighted by atomic mass is 10.1. The van der Waals surface area contributed by atoms with E-state index in [9.17, 15) is 4.39 Å². The standard InChI is InChI=1S/C15H23FN2O/c1-13(12-18-8-10-19-11-9-18)17-7-6-14-2-4-15(16)5-3-14/h2-5,13,17H,6-12H2,1H3. The van der Waals surface area contributed by atoms with Crippen molar-refractivity contribution in [2.45, 2.75) is 19.4 Å². The molecule has 4 heteroatoms. The summed E-state index contributed by atoms with van der Waals surface area (Å²) in [6.45, 7) is 7.96. The first-order chi connectivity index (χ1) is 9.24. The summed E-state index contributed by atoms with van der Waals surface area (Å²) in [5.74, 6) is -0.169. The van der Waals surface area contributed by atoms with E-state index in [0.717, 1.165) is 45.8 Å². The molecule has 1 aliphatic heterocycles. The highest BCUT2D eigenvalue weighted by molar-refractivity contribution is 5.16. The second-order valence-electron chi connectivity index (χ2n) is 5.14. The Morgan fingerprint density at radius 3 is 2.63 bits per heavy atom. The molecule has 0 radical (unpaired) electrons. The minimum absolute atomic E-state index is 0.169. The molecule has 3 nitrogen and oxygen atoms in total. The molecule has 0 saturated carbocycles. The third kappa shape index (κ3) is 5.27. The van der Waals surface area contributed by atoms with E-state index in [-0.39, 0.29) is 5.82 Å². The van der Waals surface area contributed by atoms with Crippen molar-refractivity contribution < 1.29 is 9.13 Å². The second kappa shape index (κ2) is 7.58. The first-order valence-electron chi connectivity index (χ1n) is 7.02. The minimum Gasteiger partial charge on any atom is -0.379 e. The summed E-state index contributed by atoms with van der Waals surface area (Å²) in [5.41, 5.74) is 1.17. The van der Waals surface area contributed by atoms with Crippen LogP contribution in [0.2, 0.25) is 0 Å². The molecule has 0 aromatic heterocycles. The predicted molar refractivity (Wildman–Crippen MR) is 74.8 cm³/mol. The zero-order valence-electron chi connectivity index (χ0n) is 11.6. The van der Waals surface area contributed by atoms with E-state index < -0.39 is 0 Å². The predicted octanol–water partition coefficient (Wildman–Crippen LogP) is 1.68. The van der Waals surface area contributed by atoms with Gasteiger partial charge < -0.3 is 10.1 Å². The highest BCUT2D eigenvalue weighted by Gasteiger charge is 2.12. The van der Waals surface area contributed by atoms with Crippen molar-refractivity contribution in [2.24, 2.45) is 0 Å². The monoisotopic (exact) mass is 266 g/mol. The van der Waals surface area contributed by atoms with Crippen molar-refractivity contribution in [3.05, 3.63) is 35.6 Å². The van der Waals surface area contributed by atoms with Crippen LogP contribution in [0.1, 0.15) is 12.5 Å². The van der Waals surface area contributed by atoms with Gasteiger partial charge in [0.05, 0.1) is 13.2 Å². The van der Waals surface area contributed by atoms with Crippen molar-refractivity contribution >= 4 is 0 Å². The van der Waals surface area contributed by atoms with Gasteiger partial charge in [-0.05, 0) is 37.6 Å². The van der Waals surface area contributed by atoms with Crippen LogP contribution < -0.4 is 5.32 Å². The molecule has 19 heavy (non-hydrogen) atoms. The molecule has 0 spiro atoms. The van der Waals surface area contributed by atoms with Gasteiger partial charge in [-0.2, -0.15) is 0 Å². The fourth-order valence-corrected chi connectivity index (χ4v) is 2.35. The molecule has 1 aliphatic rings. The lowest BCUT2D eigenvalue weighted by Crippen LogP contribution is -2.44. The van der Waals surface area contributed by atoms with Crippen molar-refractivity contribution in [2.75, 3.05) is 39.4 Å². The molecule has 1 aromatic rings. The van der Waals surface area contributed by atoms with E-state index in [0.29, 0.717) is 6.04 Å². The van der Waals surface area contributed by atoms with Gasteiger partial charge >= 0.3 is 0 Å². The molecule has 1 heterocycles. The van der Waals surface area contributed by atoms with E-state index in [1.165, 1.54) is 17.7 Å². The van der Waals surface area contributed by atoms with Gasteiger partial charge in [-0.1, -0.05) is 12.1 Å². The van der Waals surface area contributed by atoms with E-state index >= 15 is 0 Å². The van der Waals surface area contributed by atoms with Crippen LogP contribution in [0.5, 0.6) is 0 Å². The van der Waals surface area contributed by atoms with E-state index in [1.54, 1.807) is 0 Å². The van der Waals surface area contributed by atoms with E-state index in [1.807, 2.05) is 12.1 Å². The summed E-state index contributed by atoms with van der Waals surface area (Å²) in [6, 6.07) is 7.21. The number of morpholine rings is 1. The number of ether oxygens (including phenoxy) is 1. The van der Waals surface area contributed by atoms with Crippen LogP contribution in [0.4, 0.5) is 4.39 Å². The normalized spacial score (nSPS) is 18.4. The summed E-state index contributed by atoms with van der Waals surface area (Å²) in [6.07, 6.45) is 0.938. The molecule has 1 fully saturated rings. The maximum Gasteiger partial charge on any atom is 0.123 e. The van der Waals surface area contributed by atoms with Gasteiger partial charge in [0, 0.05) is 25.7 Å². The van der Waals surface area contributed by atoms with Gasteiger partial charge in [-0.15, -0.1) is 0 Å². The third-order valence-corrected chi connectivity index (χ3v) is 3.46. The first-order valence-corrected chi connectivity index (χ1v) is 7.02. The van der Waals surface area contributed by atoms with Gasteiger partial charge in [0.15, 0.2) is 0 Å². The van der Waals surface area contributed by atoms with Crippen molar-refractivity contribution in [3.8, 4) is 0 Å². The summed E-state index contributed by atoms with van der Waals surface area (Å²) in [4.78, 5) is 2.43. The molecule has 1 saturated heterocycles. The quantitative estimate of drug-likeness (QED) is 0.848. The van der Waals surface area contributed by atoms with Crippen molar-refractivity contribution in [1.29, 1.82) is 0 Å². The number of hydrogen-bond donors (Lipinski definition) is 1. The van der Waals surface area contributed by atoms with Crippen molar-refractivity contribution in [3.63, 3.8) is 0 Å². The molecule has 106 valence electrons. The molecular weight excluding hydrogens is 243 g/mol. The Morgan fingerprint density at radius 2 is 1.95 bits per heavy atom. The SMILES string of the molecule is CC(CN1CCOCC1)NCCc1ccc(F)cc1. The van der Waals surface area contributed by atoms with Crippen LogP contribution in [0.3, 0.4) is 0 Å². The number of hydrogen-bond acceptors (Lipinski definition) is 3. The Morgan fingerprint density at radius 1 is 1.26 bits per heavy atom. The topological polar surface area (TPSA) is 24.5 Å². The molecule has 1 unspecified atom stereocenters. The Labute approximate surface area is 114 Å². The Bertz CT molecular complexity index is 363. The molecule has 1 N–H and O–H groups in total. The molecule has 2 rings (SSSR count). The molecule has 1 aromatic carbocycles. The smallest absolute Gasteiger partial charge is 0.123 e. The molecule has 0 amide bonds. The fourth-order valence-electron chi connectivity index (χ4n) is 2.35. The van der Waals surface area contributed by atoms with Crippen LogP contribution in [0.15, 0.2) is 24.3 Å². The summed E-state index contributed by atoms with van der Waals surface area (Å²) >= 11 is 0. The van der Waals surface area contributed by atoms with Gasteiger partial charge in [0.25, 0.3) is 0 Å². The highest BCUT2D eigenvalue weighted by Crippen LogP contribution is 2.03. The zero-order valence-corrected chi connectivity index (χ0v) is 11.6. The number of rotatable bonds is 6. The van der Waals surface area contributed by atoms with Crippen LogP contribution in [-0.4, -0.2) is 50.3 Å². The second-order valence-corrected chi connectivity index (χ2v) is 5.14. The summed E-state index contributed by atoms with van der Waals surface area (Å²) in [5, 5.41) is 3.52. The highest BCUT2D eigenvalue weighted by atomic mass is 19.1. The van der Waals surface area contributed by atoms with Crippen molar-refractivity contribution in [1.82, 2.24) is 10.2 Å². The minimum atomic E-state index is -0.169. The number of benzene rings is 1. The average Bonchev–Trinajstić information content (AvgIpc) is 2.42. The number of halogens is 1. The number of nitrogens with zero attached hydrogens (tertiary/aromatic N) is 1. The number of nitrogens with one attached hydrogen (secondary N) is 1. The Kier molecular flexibility index (Phi) is 5.76. The molecular formula is C15H23FN2O. The Balaban J connectivity index is 1.63. The lowest BCUT2D eigenvalue weighted by molar-refractivity contribution is 0.0344. The zero-order chi connectivity index (χ0) is 13.5. The van der Waals surface area contributed by atoms with Gasteiger partial charge in [-0.3, -0.25) is 4.90 Å². The first kappa shape index (κ1) is 14.4. The fraction of sp³-hybridized carbons (Fsp3) is 0.600. The Hall–Kier alpha value is -0.970. The van der Waals surface area contributed by atoms with Crippen LogP contribution in [-0.2, 0) is 11.2 Å². The molecule has 0 bridgehead atoms. The molecule has 0 aliphatic carbocycles. The van der Waals surface area contributed by atoms with Crippen LogP contribution >= 0.6 is 0 Å². The average molecular weight is 266 g/mol.